The second kappa shape index (κ2) is 10.6. The number of aromatic nitrogens is 2. The molecule has 1 aromatic heterocycles. The molecular weight excluding hydrogens is 336 g/mol. The zero-order valence-corrected chi connectivity index (χ0v) is 17.4. The molecular formula is C21H34N6. The van der Waals surface area contributed by atoms with Gasteiger partial charge >= 0.3 is 0 Å². The molecule has 1 unspecified atom stereocenters. The number of hydrogen-bond donors (Lipinski definition) is 2. The fourth-order valence-electron chi connectivity index (χ4n) is 2.94. The molecule has 1 atom stereocenters. The second-order valence-corrected chi connectivity index (χ2v) is 6.95. The van der Waals surface area contributed by atoms with Crippen LogP contribution < -0.4 is 15.5 Å². The molecule has 2 rings (SSSR count). The number of nitrogens with one attached hydrogen (secondary N) is 2. The second-order valence-electron chi connectivity index (χ2n) is 6.95. The fourth-order valence-corrected chi connectivity index (χ4v) is 2.94. The van der Waals surface area contributed by atoms with E-state index in [0.717, 1.165) is 44.3 Å². The van der Waals surface area contributed by atoms with Gasteiger partial charge in [-0.05, 0) is 52.3 Å². The fraction of sp³-hybridized carbons (Fsp3) is 0.524. The van der Waals surface area contributed by atoms with Gasteiger partial charge in [-0.1, -0.05) is 18.2 Å². The Balaban J connectivity index is 1.81. The summed E-state index contributed by atoms with van der Waals surface area (Å²) in [5, 5.41) is 11.3. The van der Waals surface area contributed by atoms with Gasteiger partial charge in [-0.25, -0.2) is 0 Å². The van der Waals surface area contributed by atoms with E-state index >= 15 is 0 Å². The van der Waals surface area contributed by atoms with E-state index < -0.39 is 0 Å². The summed E-state index contributed by atoms with van der Waals surface area (Å²) in [5.74, 6) is 0.874. The van der Waals surface area contributed by atoms with Crippen molar-refractivity contribution in [2.45, 2.75) is 46.7 Å². The number of aliphatic imine (C=N–C) groups is 1. The van der Waals surface area contributed by atoms with Gasteiger partial charge in [0.1, 0.15) is 0 Å². The average Bonchev–Trinajstić information content (AvgIpc) is 3.00. The maximum atomic E-state index is 4.76. The van der Waals surface area contributed by atoms with E-state index in [4.69, 9.17) is 4.99 Å². The van der Waals surface area contributed by atoms with Crippen molar-refractivity contribution in [3.63, 3.8) is 0 Å². The first-order chi connectivity index (χ1) is 13.0. The Bertz CT molecular complexity index is 707. The summed E-state index contributed by atoms with van der Waals surface area (Å²) in [7, 11) is 2.12. The largest absolute Gasteiger partial charge is 0.370 e. The van der Waals surface area contributed by atoms with Crippen LogP contribution in [-0.4, -0.2) is 48.5 Å². The summed E-state index contributed by atoms with van der Waals surface area (Å²) in [6.07, 6.45) is 1.01. The Labute approximate surface area is 163 Å². The Morgan fingerprint density at radius 2 is 1.96 bits per heavy atom. The average molecular weight is 371 g/mol. The van der Waals surface area contributed by atoms with E-state index in [2.05, 4.69) is 83.5 Å². The van der Waals surface area contributed by atoms with Gasteiger partial charge in [0.15, 0.2) is 5.96 Å². The summed E-state index contributed by atoms with van der Waals surface area (Å²) in [6.45, 7) is 11.8. The van der Waals surface area contributed by atoms with Crippen molar-refractivity contribution in [3.8, 4) is 0 Å². The van der Waals surface area contributed by atoms with E-state index in [1.165, 1.54) is 11.4 Å². The zero-order valence-electron chi connectivity index (χ0n) is 17.4. The van der Waals surface area contributed by atoms with Crippen LogP contribution in [-0.2, 0) is 6.54 Å². The molecule has 0 aliphatic carbocycles. The molecule has 6 nitrogen and oxygen atoms in total. The first-order valence-electron chi connectivity index (χ1n) is 9.82. The van der Waals surface area contributed by atoms with Crippen molar-refractivity contribution in [3.05, 3.63) is 47.8 Å². The molecule has 0 aliphatic heterocycles. The molecule has 0 spiro atoms. The van der Waals surface area contributed by atoms with E-state index in [0.29, 0.717) is 6.04 Å². The van der Waals surface area contributed by atoms with Crippen molar-refractivity contribution in [2.24, 2.45) is 4.99 Å². The zero-order chi connectivity index (χ0) is 19.6. The third kappa shape index (κ3) is 6.62. The highest BCUT2D eigenvalue weighted by atomic mass is 15.3. The van der Waals surface area contributed by atoms with Crippen LogP contribution in [0, 0.1) is 13.8 Å². The number of hydrogen-bond acceptors (Lipinski definition) is 3. The molecule has 0 saturated carbocycles. The Hall–Kier alpha value is -2.50. The highest BCUT2D eigenvalue weighted by Crippen LogP contribution is 2.14. The number of likely N-dealkylation sites (N-methyl/N-ethyl adjacent to an activating group) is 1. The molecule has 148 valence electrons. The van der Waals surface area contributed by atoms with Gasteiger partial charge in [0.05, 0.1) is 12.2 Å². The third-order valence-corrected chi connectivity index (χ3v) is 4.62. The molecule has 0 bridgehead atoms. The highest BCUT2D eigenvalue weighted by Gasteiger charge is 2.09. The molecule has 27 heavy (non-hydrogen) atoms. The minimum atomic E-state index is 0.317. The van der Waals surface area contributed by atoms with Gasteiger partial charge in [0.25, 0.3) is 0 Å². The van der Waals surface area contributed by atoms with Crippen LogP contribution in [0.25, 0.3) is 0 Å². The van der Waals surface area contributed by atoms with E-state index in [-0.39, 0.29) is 0 Å². The minimum absolute atomic E-state index is 0.317. The molecule has 2 aromatic rings. The maximum absolute atomic E-state index is 4.76. The lowest BCUT2D eigenvalue weighted by Gasteiger charge is -2.26. The lowest BCUT2D eigenvalue weighted by atomic mass is 10.2. The summed E-state index contributed by atoms with van der Waals surface area (Å²) in [6, 6.07) is 12.9. The summed E-state index contributed by atoms with van der Waals surface area (Å²) in [4.78, 5) is 7.02. The first kappa shape index (κ1) is 20.8. The van der Waals surface area contributed by atoms with Gasteiger partial charge in [-0.3, -0.25) is 9.67 Å². The molecule has 0 radical (unpaired) electrons. The van der Waals surface area contributed by atoms with Gasteiger partial charge in [-0.2, -0.15) is 5.10 Å². The third-order valence-electron chi connectivity index (χ3n) is 4.62. The molecule has 0 fully saturated rings. The van der Waals surface area contributed by atoms with Crippen LogP contribution >= 0.6 is 0 Å². The summed E-state index contributed by atoms with van der Waals surface area (Å²) >= 11 is 0. The Morgan fingerprint density at radius 1 is 1.22 bits per heavy atom. The monoisotopic (exact) mass is 370 g/mol. The van der Waals surface area contributed by atoms with Gasteiger partial charge in [0.2, 0.25) is 0 Å². The van der Waals surface area contributed by atoms with Crippen molar-refractivity contribution in [1.82, 2.24) is 20.4 Å². The number of nitrogens with zero attached hydrogens (tertiary/aromatic N) is 4. The smallest absolute Gasteiger partial charge is 0.191 e. The lowest BCUT2D eigenvalue weighted by Crippen LogP contribution is -2.39. The Morgan fingerprint density at radius 3 is 2.59 bits per heavy atom. The molecule has 0 amide bonds. The summed E-state index contributed by atoms with van der Waals surface area (Å²) < 4.78 is 2.07. The molecule has 1 heterocycles. The topological polar surface area (TPSA) is 57.5 Å². The molecule has 6 heteroatoms. The predicted molar refractivity (Wildman–Crippen MR) is 115 cm³/mol. The molecule has 2 N–H and O–H groups in total. The number of benzene rings is 1. The van der Waals surface area contributed by atoms with Crippen LogP contribution in [0.2, 0.25) is 0 Å². The van der Waals surface area contributed by atoms with Crippen LogP contribution in [0.3, 0.4) is 0 Å². The SMILES string of the molecule is CCNC(=NCC(C)N(C)c1ccccc1)NCCCn1nc(C)cc1C. The van der Waals surface area contributed by atoms with Gasteiger partial charge < -0.3 is 15.5 Å². The van der Waals surface area contributed by atoms with E-state index in [1.54, 1.807) is 0 Å². The number of rotatable bonds is 9. The molecule has 0 aliphatic rings. The minimum Gasteiger partial charge on any atom is -0.370 e. The highest BCUT2D eigenvalue weighted by molar-refractivity contribution is 5.79. The maximum Gasteiger partial charge on any atom is 0.191 e. The van der Waals surface area contributed by atoms with Crippen LogP contribution in [0.5, 0.6) is 0 Å². The van der Waals surface area contributed by atoms with Crippen molar-refractivity contribution >= 4 is 11.6 Å². The lowest BCUT2D eigenvalue weighted by molar-refractivity contribution is 0.555. The normalized spacial score (nSPS) is 12.7. The number of guanidine groups is 1. The first-order valence-corrected chi connectivity index (χ1v) is 9.82. The number of aryl methyl sites for hydroxylation is 3. The van der Waals surface area contributed by atoms with E-state index in [1.807, 2.05) is 13.0 Å². The van der Waals surface area contributed by atoms with Crippen LogP contribution in [0.4, 0.5) is 5.69 Å². The number of para-hydroxylation sites is 1. The quantitative estimate of drug-likeness (QED) is 0.405. The molecule has 1 aromatic carbocycles. The molecule has 0 saturated heterocycles. The van der Waals surface area contributed by atoms with Crippen molar-refractivity contribution < 1.29 is 0 Å². The standard InChI is InChI=1S/C21H34N6/c1-6-22-21(23-13-10-14-27-18(3)15-17(2)25-27)24-16-19(4)26(5)20-11-8-7-9-12-20/h7-9,11-12,15,19H,6,10,13-14,16H2,1-5H3,(H2,22,23,24). The van der Waals surface area contributed by atoms with Gasteiger partial charge in [0, 0.05) is 44.1 Å². The van der Waals surface area contributed by atoms with Crippen LogP contribution in [0.1, 0.15) is 31.7 Å². The van der Waals surface area contributed by atoms with E-state index in [9.17, 15) is 0 Å². The predicted octanol–water partition coefficient (Wildman–Crippen LogP) is 2.97. The summed E-state index contributed by atoms with van der Waals surface area (Å²) in [5.41, 5.74) is 3.50. The number of anilines is 1. The van der Waals surface area contributed by atoms with Crippen LogP contribution in [0.15, 0.2) is 41.4 Å². The van der Waals surface area contributed by atoms with Crippen molar-refractivity contribution in [1.29, 1.82) is 0 Å². The van der Waals surface area contributed by atoms with Crippen molar-refractivity contribution in [2.75, 3.05) is 31.6 Å². The Kier molecular flexibility index (Phi) is 8.17. The van der Waals surface area contributed by atoms with Gasteiger partial charge in [-0.15, -0.1) is 0 Å².